The monoisotopic (exact) mass is 487 g/mol. The van der Waals surface area contributed by atoms with Crippen LogP contribution in [0.25, 0.3) is 11.1 Å². The Balaban J connectivity index is 2.16. The molecule has 7 nitrogen and oxygen atoms in total. The van der Waals surface area contributed by atoms with Crippen molar-refractivity contribution in [2.45, 2.75) is 52.9 Å². The van der Waals surface area contributed by atoms with Gasteiger partial charge in [-0.1, -0.05) is 37.6 Å². The van der Waals surface area contributed by atoms with Gasteiger partial charge in [-0.15, -0.1) is 0 Å². The number of aryl methyl sites for hydroxylation is 1. The maximum Gasteiger partial charge on any atom is 0.302 e. The van der Waals surface area contributed by atoms with E-state index in [1.807, 2.05) is 30.3 Å². The molecule has 0 saturated heterocycles. The van der Waals surface area contributed by atoms with Crippen LogP contribution >= 0.6 is 0 Å². The van der Waals surface area contributed by atoms with Crippen molar-refractivity contribution in [3.05, 3.63) is 53.8 Å². The summed E-state index contributed by atoms with van der Waals surface area (Å²) in [5, 5.41) is 0. The van der Waals surface area contributed by atoms with E-state index in [2.05, 4.69) is 6.92 Å². The van der Waals surface area contributed by atoms with Gasteiger partial charge in [0.25, 0.3) is 0 Å². The van der Waals surface area contributed by atoms with E-state index in [1.54, 1.807) is 6.07 Å². The third kappa shape index (κ3) is 9.39. The highest BCUT2D eigenvalue weighted by Crippen LogP contribution is 2.32. The molecule has 0 unspecified atom stereocenters. The van der Waals surface area contributed by atoms with E-state index < -0.39 is 29.1 Å². The Hall–Kier alpha value is -3.42. The van der Waals surface area contributed by atoms with Crippen molar-refractivity contribution >= 4 is 17.8 Å². The Morgan fingerprint density at radius 3 is 2.06 bits per heavy atom. The van der Waals surface area contributed by atoms with Gasteiger partial charge in [-0.3, -0.25) is 14.4 Å². The van der Waals surface area contributed by atoms with E-state index in [4.69, 9.17) is 19.9 Å². The second-order valence-corrected chi connectivity index (χ2v) is 8.74. The number of nitrogens with two attached hydrogens (primary N) is 1. The summed E-state index contributed by atoms with van der Waals surface area (Å²) in [7, 11) is 0. The van der Waals surface area contributed by atoms with E-state index in [0.717, 1.165) is 29.7 Å². The summed E-state index contributed by atoms with van der Waals surface area (Å²) in [5.74, 6) is -1.36. The zero-order valence-corrected chi connectivity index (χ0v) is 20.6. The summed E-state index contributed by atoms with van der Waals surface area (Å²) in [6, 6.07) is 12.4. The van der Waals surface area contributed by atoms with Crippen LogP contribution in [0.5, 0.6) is 5.75 Å². The number of primary amides is 1. The van der Waals surface area contributed by atoms with Crippen molar-refractivity contribution < 1.29 is 33.0 Å². The van der Waals surface area contributed by atoms with Gasteiger partial charge in [0, 0.05) is 25.7 Å². The van der Waals surface area contributed by atoms with Crippen LogP contribution in [0, 0.1) is 11.2 Å². The predicted molar refractivity (Wildman–Crippen MR) is 130 cm³/mol. The van der Waals surface area contributed by atoms with E-state index >= 15 is 0 Å². The number of amides is 1. The standard InChI is InChI=1S/C27H34FNO6/c1-4-5-14-33-24-10-8-21(9-11-24)23-7-6-22(25(28)15-23)12-13-27(16-26(29)32,17-34-19(2)30)18-35-20(3)31/h6-11,15H,4-5,12-14,16-18H2,1-3H3,(H2,29,32). The summed E-state index contributed by atoms with van der Waals surface area (Å²) >= 11 is 0. The fourth-order valence-electron chi connectivity index (χ4n) is 3.66. The number of esters is 2. The molecule has 2 aromatic carbocycles. The molecular weight excluding hydrogens is 453 g/mol. The molecule has 190 valence electrons. The minimum Gasteiger partial charge on any atom is -0.494 e. The smallest absolute Gasteiger partial charge is 0.302 e. The van der Waals surface area contributed by atoms with E-state index in [0.29, 0.717) is 12.2 Å². The number of rotatable bonds is 14. The van der Waals surface area contributed by atoms with Crippen LogP contribution in [0.15, 0.2) is 42.5 Å². The lowest BCUT2D eigenvalue weighted by atomic mass is 9.80. The SMILES string of the molecule is CCCCOc1ccc(-c2ccc(CCC(COC(C)=O)(COC(C)=O)CC(N)=O)c(F)c2)cc1. The first kappa shape index (κ1) is 27.8. The highest BCUT2D eigenvalue weighted by Gasteiger charge is 2.35. The maximum atomic E-state index is 15.0. The first-order valence-electron chi connectivity index (χ1n) is 11.7. The van der Waals surface area contributed by atoms with Gasteiger partial charge in [-0.25, -0.2) is 4.39 Å². The predicted octanol–water partition coefficient (Wildman–Crippen LogP) is 4.59. The highest BCUT2D eigenvalue weighted by molar-refractivity contribution is 5.75. The third-order valence-corrected chi connectivity index (χ3v) is 5.64. The van der Waals surface area contributed by atoms with Crippen molar-refractivity contribution in [1.29, 1.82) is 0 Å². The van der Waals surface area contributed by atoms with Crippen LogP contribution in [0.2, 0.25) is 0 Å². The molecule has 0 radical (unpaired) electrons. The average molecular weight is 488 g/mol. The molecule has 2 N–H and O–H groups in total. The number of carbonyl (C=O) groups excluding carboxylic acids is 3. The Labute approximate surface area is 205 Å². The summed E-state index contributed by atoms with van der Waals surface area (Å²) in [5.41, 5.74) is 6.36. The lowest BCUT2D eigenvalue weighted by Gasteiger charge is -2.31. The summed E-state index contributed by atoms with van der Waals surface area (Å²) in [6.45, 7) is 4.88. The quantitative estimate of drug-likeness (QED) is 0.309. The molecule has 1 amide bonds. The Kier molecular flexibility index (Phi) is 10.7. The molecule has 8 heteroatoms. The minimum atomic E-state index is -1.05. The van der Waals surface area contributed by atoms with Crippen LogP contribution in [-0.2, 0) is 30.3 Å². The minimum absolute atomic E-state index is 0.176. The van der Waals surface area contributed by atoms with Gasteiger partial charge in [0.1, 0.15) is 24.8 Å². The van der Waals surface area contributed by atoms with Crippen molar-refractivity contribution in [3.63, 3.8) is 0 Å². The van der Waals surface area contributed by atoms with Crippen LogP contribution in [0.4, 0.5) is 4.39 Å². The zero-order chi connectivity index (χ0) is 25.8. The molecule has 0 spiro atoms. The Morgan fingerprint density at radius 2 is 1.54 bits per heavy atom. The number of hydrogen-bond acceptors (Lipinski definition) is 6. The summed E-state index contributed by atoms with van der Waals surface area (Å²) in [4.78, 5) is 34.5. The number of halogens is 1. The fourth-order valence-corrected chi connectivity index (χ4v) is 3.66. The molecular formula is C27H34FNO6. The van der Waals surface area contributed by atoms with Gasteiger partial charge in [-0.05, 0) is 54.2 Å². The van der Waals surface area contributed by atoms with Crippen LogP contribution < -0.4 is 10.5 Å². The van der Waals surface area contributed by atoms with E-state index in [1.165, 1.54) is 19.9 Å². The number of ether oxygens (including phenoxy) is 3. The van der Waals surface area contributed by atoms with Crippen LogP contribution in [-0.4, -0.2) is 37.7 Å². The summed E-state index contributed by atoms with van der Waals surface area (Å²) < 4.78 is 30.9. The Bertz CT molecular complexity index is 987. The molecule has 0 heterocycles. The molecule has 0 fully saturated rings. The first-order chi connectivity index (χ1) is 16.6. The zero-order valence-electron chi connectivity index (χ0n) is 20.6. The second kappa shape index (κ2) is 13.5. The van der Waals surface area contributed by atoms with Gasteiger partial charge in [0.05, 0.1) is 6.61 Å². The van der Waals surface area contributed by atoms with E-state index in [9.17, 15) is 18.8 Å². The molecule has 0 aromatic heterocycles. The maximum absolute atomic E-state index is 15.0. The van der Waals surface area contributed by atoms with Gasteiger partial charge >= 0.3 is 11.9 Å². The molecule has 0 bridgehead atoms. The first-order valence-corrected chi connectivity index (χ1v) is 11.7. The van der Waals surface area contributed by atoms with Crippen molar-refractivity contribution in [3.8, 4) is 16.9 Å². The van der Waals surface area contributed by atoms with Gasteiger partial charge in [0.2, 0.25) is 5.91 Å². The number of unbranched alkanes of at least 4 members (excludes halogenated alkanes) is 1. The average Bonchev–Trinajstić information content (AvgIpc) is 2.81. The molecule has 0 aliphatic carbocycles. The largest absolute Gasteiger partial charge is 0.494 e. The lowest BCUT2D eigenvalue weighted by molar-refractivity contribution is -0.154. The summed E-state index contributed by atoms with van der Waals surface area (Å²) in [6.07, 6.45) is 2.31. The number of carbonyl (C=O) groups is 3. The van der Waals surface area contributed by atoms with Crippen LogP contribution in [0.1, 0.15) is 52.0 Å². The number of benzene rings is 2. The molecule has 0 aliphatic rings. The van der Waals surface area contributed by atoms with Crippen molar-refractivity contribution in [2.75, 3.05) is 19.8 Å². The van der Waals surface area contributed by atoms with Crippen molar-refractivity contribution in [2.24, 2.45) is 11.1 Å². The molecule has 35 heavy (non-hydrogen) atoms. The lowest BCUT2D eigenvalue weighted by Crippen LogP contribution is -2.38. The molecule has 2 rings (SSSR count). The van der Waals surface area contributed by atoms with E-state index in [-0.39, 0.29) is 32.5 Å². The molecule has 0 saturated carbocycles. The third-order valence-electron chi connectivity index (χ3n) is 5.64. The normalized spacial score (nSPS) is 11.1. The van der Waals surface area contributed by atoms with Crippen molar-refractivity contribution in [1.82, 2.24) is 0 Å². The van der Waals surface area contributed by atoms with Gasteiger partial charge in [-0.2, -0.15) is 0 Å². The van der Waals surface area contributed by atoms with Gasteiger partial charge in [0.15, 0.2) is 0 Å². The number of hydrogen-bond donors (Lipinski definition) is 1. The topological polar surface area (TPSA) is 105 Å². The van der Waals surface area contributed by atoms with Gasteiger partial charge < -0.3 is 19.9 Å². The molecule has 2 aromatic rings. The molecule has 0 atom stereocenters. The fraction of sp³-hybridized carbons (Fsp3) is 0.444. The molecule has 0 aliphatic heterocycles. The van der Waals surface area contributed by atoms with Crippen LogP contribution in [0.3, 0.4) is 0 Å². The highest BCUT2D eigenvalue weighted by atomic mass is 19.1. The Morgan fingerprint density at radius 1 is 0.943 bits per heavy atom. The second-order valence-electron chi connectivity index (χ2n) is 8.74.